The number of fused-ring (bicyclic) bond motifs is 1. The SMILES string of the molecule is CCCn1c(-c2cnn(C)c2)nc2nc(Cl)[nH]c(=O)c21. The summed E-state index contributed by atoms with van der Waals surface area (Å²) in [5.41, 5.74) is 1.35. The summed E-state index contributed by atoms with van der Waals surface area (Å²) in [4.78, 5) is 23.1. The smallest absolute Gasteiger partial charge is 0.278 e. The molecule has 0 saturated heterocycles. The first kappa shape index (κ1) is 12.9. The molecule has 104 valence electrons. The third-order valence-corrected chi connectivity index (χ3v) is 3.17. The number of halogens is 1. The lowest BCUT2D eigenvalue weighted by Gasteiger charge is -2.04. The second-order valence-electron chi connectivity index (χ2n) is 4.52. The first-order valence-corrected chi connectivity index (χ1v) is 6.63. The maximum Gasteiger partial charge on any atom is 0.278 e. The van der Waals surface area contributed by atoms with Crippen molar-refractivity contribution in [2.75, 3.05) is 0 Å². The number of aromatic nitrogens is 6. The number of hydrogen-bond acceptors (Lipinski definition) is 4. The van der Waals surface area contributed by atoms with Crippen LogP contribution in [0.15, 0.2) is 17.2 Å². The van der Waals surface area contributed by atoms with Gasteiger partial charge in [-0.3, -0.25) is 14.5 Å². The summed E-state index contributed by atoms with van der Waals surface area (Å²) in [6.07, 6.45) is 4.44. The molecular weight excluding hydrogens is 280 g/mol. The van der Waals surface area contributed by atoms with Gasteiger partial charge in [-0.05, 0) is 18.0 Å². The summed E-state index contributed by atoms with van der Waals surface area (Å²) in [6.45, 7) is 2.71. The number of nitrogens with zero attached hydrogens (tertiary/aromatic N) is 5. The van der Waals surface area contributed by atoms with Crippen molar-refractivity contribution in [1.29, 1.82) is 0 Å². The van der Waals surface area contributed by atoms with E-state index in [2.05, 4.69) is 20.1 Å². The van der Waals surface area contributed by atoms with Gasteiger partial charge in [-0.1, -0.05) is 6.92 Å². The Balaban J connectivity index is 2.34. The van der Waals surface area contributed by atoms with Gasteiger partial charge in [0.1, 0.15) is 5.82 Å². The lowest BCUT2D eigenvalue weighted by Crippen LogP contribution is -2.12. The van der Waals surface area contributed by atoms with Gasteiger partial charge in [-0.15, -0.1) is 0 Å². The highest BCUT2D eigenvalue weighted by Gasteiger charge is 2.17. The Bertz CT molecular complexity index is 830. The Morgan fingerprint density at radius 2 is 2.20 bits per heavy atom. The van der Waals surface area contributed by atoms with Crippen LogP contribution in [0.25, 0.3) is 22.6 Å². The Hall–Kier alpha value is -2.15. The fourth-order valence-electron chi connectivity index (χ4n) is 2.21. The molecule has 20 heavy (non-hydrogen) atoms. The average molecular weight is 293 g/mol. The highest BCUT2D eigenvalue weighted by atomic mass is 35.5. The molecule has 3 aromatic heterocycles. The van der Waals surface area contributed by atoms with Crippen LogP contribution in [0, 0.1) is 0 Å². The summed E-state index contributed by atoms with van der Waals surface area (Å²) >= 11 is 5.78. The van der Waals surface area contributed by atoms with E-state index < -0.39 is 0 Å². The normalized spacial score (nSPS) is 11.3. The monoisotopic (exact) mass is 292 g/mol. The molecule has 1 N–H and O–H groups in total. The predicted octanol–water partition coefficient (Wildman–Crippen LogP) is 1.58. The first-order chi connectivity index (χ1) is 9.60. The molecule has 7 nitrogen and oxygen atoms in total. The molecule has 8 heteroatoms. The Morgan fingerprint density at radius 3 is 2.85 bits per heavy atom. The van der Waals surface area contributed by atoms with Crippen LogP contribution in [0.2, 0.25) is 5.28 Å². The van der Waals surface area contributed by atoms with Gasteiger partial charge in [-0.25, -0.2) is 4.98 Å². The summed E-state index contributed by atoms with van der Waals surface area (Å²) < 4.78 is 3.55. The first-order valence-electron chi connectivity index (χ1n) is 6.25. The van der Waals surface area contributed by atoms with Crippen LogP contribution in [0.4, 0.5) is 0 Å². The number of aromatic amines is 1. The van der Waals surface area contributed by atoms with Crippen LogP contribution in [-0.4, -0.2) is 29.3 Å². The topological polar surface area (TPSA) is 81.4 Å². The molecule has 3 rings (SSSR count). The quantitative estimate of drug-likeness (QED) is 0.743. The number of nitrogens with one attached hydrogen (secondary N) is 1. The van der Waals surface area contributed by atoms with Gasteiger partial charge in [-0.2, -0.15) is 10.1 Å². The molecule has 0 aromatic carbocycles. The van der Waals surface area contributed by atoms with E-state index in [-0.39, 0.29) is 10.8 Å². The molecular formula is C12H13ClN6O. The van der Waals surface area contributed by atoms with Gasteiger partial charge >= 0.3 is 0 Å². The van der Waals surface area contributed by atoms with Crippen LogP contribution in [0.3, 0.4) is 0 Å². The molecule has 0 saturated carbocycles. The highest BCUT2D eigenvalue weighted by molar-refractivity contribution is 6.28. The summed E-state index contributed by atoms with van der Waals surface area (Å²) in [7, 11) is 1.83. The second-order valence-corrected chi connectivity index (χ2v) is 4.88. The van der Waals surface area contributed by atoms with E-state index >= 15 is 0 Å². The number of hydrogen-bond donors (Lipinski definition) is 1. The maximum atomic E-state index is 12.1. The van der Waals surface area contributed by atoms with E-state index in [0.717, 1.165) is 12.0 Å². The Labute approximate surface area is 119 Å². The zero-order valence-corrected chi connectivity index (χ0v) is 11.8. The number of rotatable bonds is 3. The van der Waals surface area contributed by atoms with Gasteiger partial charge in [0.05, 0.1) is 11.8 Å². The molecule has 0 aliphatic carbocycles. The molecule has 0 unspecified atom stereocenters. The van der Waals surface area contributed by atoms with Gasteiger partial charge in [0.2, 0.25) is 5.28 Å². The van der Waals surface area contributed by atoms with Crippen molar-refractivity contribution in [3.63, 3.8) is 0 Å². The van der Waals surface area contributed by atoms with Crippen LogP contribution in [0.1, 0.15) is 13.3 Å². The molecule has 0 amide bonds. The minimum atomic E-state index is -0.281. The summed E-state index contributed by atoms with van der Waals surface area (Å²) in [5.74, 6) is 0.676. The van der Waals surface area contributed by atoms with Gasteiger partial charge in [0.25, 0.3) is 5.56 Å². The standard InChI is InChI=1S/C12H13ClN6O/c1-3-4-19-8-9(16-12(13)17-11(8)20)15-10(19)7-5-14-18(2)6-7/h5-6H,3-4H2,1-2H3,(H,16,17,20). The minimum Gasteiger partial charge on any atom is -0.318 e. The highest BCUT2D eigenvalue weighted by Crippen LogP contribution is 2.22. The van der Waals surface area contributed by atoms with Gasteiger partial charge < -0.3 is 4.57 Å². The molecule has 0 fully saturated rings. The number of aryl methyl sites for hydroxylation is 2. The van der Waals surface area contributed by atoms with E-state index in [1.807, 2.05) is 24.7 Å². The van der Waals surface area contributed by atoms with E-state index in [1.165, 1.54) is 0 Å². The van der Waals surface area contributed by atoms with Crippen molar-refractivity contribution in [3.8, 4) is 11.4 Å². The third kappa shape index (κ3) is 2.00. The molecule has 3 aromatic rings. The summed E-state index contributed by atoms with van der Waals surface area (Å²) in [5, 5.41) is 4.18. The minimum absolute atomic E-state index is 0.0429. The third-order valence-electron chi connectivity index (χ3n) is 3.00. The lowest BCUT2D eigenvalue weighted by atomic mass is 10.3. The van der Waals surface area contributed by atoms with E-state index in [1.54, 1.807) is 10.9 Å². The second kappa shape index (κ2) is 4.75. The fourth-order valence-corrected chi connectivity index (χ4v) is 2.38. The van der Waals surface area contributed by atoms with E-state index in [4.69, 9.17) is 11.6 Å². The molecule has 0 aliphatic heterocycles. The van der Waals surface area contributed by atoms with Crippen LogP contribution < -0.4 is 5.56 Å². The van der Waals surface area contributed by atoms with Crippen molar-refractivity contribution in [3.05, 3.63) is 28.0 Å². The van der Waals surface area contributed by atoms with Crippen molar-refractivity contribution in [1.82, 2.24) is 29.3 Å². The zero-order valence-electron chi connectivity index (χ0n) is 11.1. The van der Waals surface area contributed by atoms with Crippen molar-refractivity contribution < 1.29 is 0 Å². The van der Waals surface area contributed by atoms with Crippen molar-refractivity contribution in [2.24, 2.45) is 7.05 Å². The lowest BCUT2D eigenvalue weighted by molar-refractivity contribution is 0.701. The number of H-pyrrole nitrogens is 1. The molecule has 0 aliphatic rings. The zero-order chi connectivity index (χ0) is 14.3. The molecule has 3 heterocycles. The Morgan fingerprint density at radius 1 is 1.40 bits per heavy atom. The predicted molar refractivity (Wildman–Crippen MR) is 75.7 cm³/mol. The summed E-state index contributed by atoms with van der Waals surface area (Å²) in [6, 6.07) is 0. The molecule has 0 bridgehead atoms. The molecule has 0 radical (unpaired) electrons. The Kier molecular flexibility index (Phi) is 3.06. The van der Waals surface area contributed by atoms with Gasteiger partial charge in [0.15, 0.2) is 11.2 Å². The van der Waals surface area contributed by atoms with Crippen LogP contribution in [0.5, 0.6) is 0 Å². The van der Waals surface area contributed by atoms with Crippen molar-refractivity contribution >= 4 is 22.8 Å². The van der Waals surface area contributed by atoms with E-state index in [9.17, 15) is 4.79 Å². The largest absolute Gasteiger partial charge is 0.318 e. The molecule has 0 spiro atoms. The van der Waals surface area contributed by atoms with Crippen molar-refractivity contribution in [2.45, 2.75) is 19.9 Å². The van der Waals surface area contributed by atoms with Gasteiger partial charge in [0, 0.05) is 19.8 Å². The fraction of sp³-hybridized carbons (Fsp3) is 0.333. The van der Waals surface area contributed by atoms with Crippen LogP contribution in [-0.2, 0) is 13.6 Å². The maximum absolute atomic E-state index is 12.1. The van der Waals surface area contributed by atoms with E-state index in [0.29, 0.717) is 23.5 Å². The average Bonchev–Trinajstić information content (AvgIpc) is 2.94. The van der Waals surface area contributed by atoms with Crippen LogP contribution >= 0.6 is 11.6 Å². The molecule has 0 atom stereocenters. The number of imidazole rings is 1.